The van der Waals surface area contributed by atoms with E-state index in [1.165, 1.54) is 12.8 Å². The molecule has 7 heteroatoms. The quantitative estimate of drug-likeness (QED) is 0.327. The summed E-state index contributed by atoms with van der Waals surface area (Å²) in [7, 11) is 3.65. The third kappa shape index (κ3) is 7.41. The third-order valence-electron chi connectivity index (χ3n) is 4.68. The van der Waals surface area contributed by atoms with Crippen molar-refractivity contribution >= 4 is 29.9 Å². The van der Waals surface area contributed by atoms with Gasteiger partial charge in [-0.05, 0) is 32.6 Å². The number of ether oxygens (including phenoxy) is 2. The van der Waals surface area contributed by atoms with Gasteiger partial charge in [-0.3, -0.25) is 9.89 Å². The van der Waals surface area contributed by atoms with Crippen molar-refractivity contribution in [1.29, 1.82) is 0 Å². The minimum atomic E-state index is 0. The molecule has 1 saturated heterocycles. The average Bonchev–Trinajstić information content (AvgIpc) is 3.41. The maximum absolute atomic E-state index is 5.72. The second-order valence-electron chi connectivity index (χ2n) is 6.38. The van der Waals surface area contributed by atoms with Crippen molar-refractivity contribution in [2.24, 2.45) is 4.99 Å². The van der Waals surface area contributed by atoms with E-state index in [9.17, 15) is 0 Å². The van der Waals surface area contributed by atoms with Crippen LogP contribution in [0.25, 0.3) is 0 Å². The van der Waals surface area contributed by atoms with Gasteiger partial charge in [0.1, 0.15) is 0 Å². The van der Waals surface area contributed by atoms with Gasteiger partial charge in [-0.2, -0.15) is 0 Å². The van der Waals surface area contributed by atoms with Gasteiger partial charge in [0.05, 0.1) is 12.7 Å². The Kier molecular flexibility index (Phi) is 11.2. The van der Waals surface area contributed by atoms with E-state index in [0.717, 1.165) is 70.8 Å². The van der Waals surface area contributed by atoms with Crippen LogP contribution in [0.2, 0.25) is 0 Å². The van der Waals surface area contributed by atoms with Gasteiger partial charge in [-0.1, -0.05) is 0 Å². The maximum Gasteiger partial charge on any atom is 0.193 e. The Bertz CT molecular complexity index is 358. The van der Waals surface area contributed by atoms with Gasteiger partial charge < -0.3 is 19.7 Å². The summed E-state index contributed by atoms with van der Waals surface area (Å²) in [4.78, 5) is 9.34. The first-order chi connectivity index (χ1) is 11.3. The molecule has 1 aliphatic carbocycles. The average molecular weight is 454 g/mol. The molecule has 0 aromatic heterocycles. The molecule has 6 nitrogen and oxygen atoms in total. The molecule has 2 fully saturated rings. The topological polar surface area (TPSA) is 49.3 Å². The standard InChI is InChI=1S/C17H34N4O2.HI/c1-4-23-16-7-10-21(11-8-16)17(18-2)19-9-12-20(13-14-22-3)15-5-6-15;/h15-16H,4-14H2,1-3H3,(H,18,19);1H. The first kappa shape index (κ1) is 21.9. The van der Waals surface area contributed by atoms with Crippen LogP contribution in [0.5, 0.6) is 0 Å². The number of aliphatic imine (C=N–C) groups is 1. The molecule has 0 spiro atoms. The molecule has 0 atom stereocenters. The molecule has 142 valence electrons. The molecule has 2 rings (SSSR count). The van der Waals surface area contributed by atoms with Crippen LogP contribution in [0.4, 0.5) is 0 Å². The molecular weight excluding hydrogens is 419 g/mol. The molecule has 0 aromatic carbocycles. The molecule has 0 aromatic rings. The van der Waals surface area contributed by atoms with Crippen molar-refractivity contribution in [2.75, 3.05) is 60.1 Å². The number of halogens is 1. The van der Waals surface area contributed by atoms with Gasteiger partial charge in [-0.25, -0.2) is 0 Å². The van der Waals surface area contributed by atoms with E-state index >= 15 is 0 Å². The maximum atomic E-state index is 5.72. The lowest BCUT2D eigenvalue weighted by atomic mass is 10.1. The summed E-state index contributed by atoms with van der Waals surface area (Å²) in [6, 6.07) is 0.774. The fraction of sp³-hybridized carbons (Fsp3) is 0.941. The first-order valence-corrected chi connectivity index (χ1v) is 9.08. The Morgan fingerprint density at radius 3 is 2.46 bits per heavy atom. The summed E-state index contributed by atoms with van der Waals surface area (Å²) in [6.07, 6.45) is 5.29. The van der Waals surface area contributed by atoms with E-state index in [2.05, 4.69) is 27.0 Å². The van der Waals surface area contributed by atoms with Crippen LogP contribution >= 0.6 is 24.0 Å². The lowest BCUT2D eigenvalue weighted by molar-refractivity contribution is 0.0263. The van der Waals surface area contributed by atoms with Crippen molar-refractivity contribution in [3.05, 3.63) is 0 Å². The number of hydrogen-bond acceptors (Lipinski definition) is 4. The Morgan fingerprint density at radius 2 is 1.92 bits per heavy atom. The number of nitrogens with zero attached hydrogens (tertiary/aromatic N) is 3. The molecule has 0 amide bonds. The summed E-state index contributed by atoms with van der Waals surface area (Å²) in [5.41, 5.74) is 0. The lowest BCUT2D eigenvalue weighted by Crippen LogP contribution is -2.48. The van der Waals surface area contributed by atoms with Gasteiger partial charge in [0, 0.05) is 59.5 Å². The highest BCUT2D eigenvalue weighted by Gasteiger charge is 2.28. The van der Waals surface area contributed by atoms with E-state index in [1.807, 2.05) is 7.05 Å². The first-order valence-electron chi connectivity index (χ1n) is 9.08. The molecule has 1 heterocycles. The highest BCUT2D eigenvalue weighted by Crippen LogP contribution is 2.26. The molecule has 24 heavy (non-hydrogen) atoms. The number of nitrogens with one attached hydrogen (secondary N) is 1. The van der Waals surface area contributed by atoms with Crippen molar-refractivity contribution in [3.8, 4) is 0 Å². The van der Waals surface area contributed by atoms with Gasteiger partial charge in [0.2, 0.25) is 0 Å². The lowest BCUT2D eigenvalue weighted by Gasteiger charge is -2.34. The van der Waals surface area contributed by atoms with E-state index in [-0.39, 0.29) is 24.0 Å². The van der Waals surface area contributed by atoms with E-state index in [1.54, 1.807) is 7.11 Å². The number of piperidine rings is 1. The van der Waals surface area contributed by atoms with Crippen LogP contribution in [0, 0.1) is 0 Å². The Balaban J connectivity index is 0.00000288. The highest BCUT2D eigenvalue weighted by molar-refractivity contribution is 14.0. The molecule has 1 aliphatic heterocycles. The monoisotopic (exact) mass is 454 g/mol. The summed E-state index contributed by atoms with van der Waals surface area (Å²) in [6.45, 7) is 8.79. The second-order valence-corrected chi connectivity index (χ2v) is 6.38. The fourth-order valence-corrected chi connectivity index (χ4v) is 3.24. The zero-order valence-corrected chi connectivity index (χ0v) is 17.8. The van der Waals surface area contributed by atoms with Crippen molar-refractivity contribution in [3.63, 3.8) is 0 Å². The summed E-state index contributed by atoms with van der Waals surface area (Å²) >= 11 is 0. The van der Waals surface area contributed by atoms with Crippen molar-refractivity contribution in [2.45, 2.75) is 44.8 Å². The number of hydrogen-bond donors (Lipinski definition) is 1. The molecule has 1 saturated carbocycles. The minimum Gasteiger partial charge on any atom is -0.383 e. The number of guanidine groups is 1. The number of methoxy groups -OCH3 is 1. The summed E-state index contributed by atoms with van der Waals surface area (Å²) < 4.78 is 10.9. The van der Waals surface area contributed by atoms with Crippen LogP contribution in [-0.4, -0.2) is 88.0 Å². The smallest absolute Gasteiger partial charge is 0.193 e. The van der Waals surface area contributed by atoms with Gasteiger partial charge >= 0.3 is 0 Å². The Labute approximate surface area is 164 Å². The molecule has 1 N–H and O–H groups in total. The number of likely N-dealkylation sites (tertiary alicyclic amines) is 1. The van der Waals surface area contributed by atoms with Crippen LogP contribution in [0.15, 0.2) is 4.99 Å². The Hall–Kier alpha value is -0.120. The molecule has 2 aliphatic rings. The largest absolute Gasteiger partial charge is 0.383 e. The van der Waals surface area contributed by atoms with Gasteiger partial charge in [0.15, 0.2) is 5.96 Å². The zero-order chi connectivity index (χ0) is 16.5. The van der Waals surface area contributed by atoms with Crippen LogP contribution < -0.4 is 5.32 Å². The highest BCUT2D eigenvalue weighted by atomic mass is 127. The third-order valence-corrected chi connectivity index (χ3v) is 4.68. The molecule has 0 bridgehead atoms. The van der Waals surface area contributed by atoms with E-state index in [0.29, 0.717) is 6.10 Å². The SMILES string of the molecule is CCOC1CCN(C(=NC)NCCN(CCOC)C2CC2)CC1.I. The van der Waals surface area contributed by atoms with Crippen LogP contribution in [0.3, 0.4) is 0 Å². The minimum absolute atomic E-state index is 0. The molecule has 0 radical (unpaired) electrons. The fourth-order valence-electron chi connectivity index (χ4n) is 3.24. The predicted molar refractivity (Wildman–Crippen MR) is 109 cm³/mol. The van der Waals surface area contributed by atoms with Crippen LogP contribution in [-0.2, 0) is 9.47 Å². The number of rotatable bonds is 9. The van der Waals surface area contributed by atoms with Crippen molar-refractivity contribution in [1.82, 2.24) is 15.1 Å². The summed E-state index contributed by atoms with van der Waals surface area (Å²) in [5, 5.41) is 3.53. The van der Waals surface area contributed by atoms with E-state index < -0.39 is 0 Å². The van der Waals surface area contributed by atoms with Crippen molar-refractivity contribution < 1.29 is 9.47 Å². The van der Waals surface area contributed by atoms with Gasteiger partial charge in [0.25, 0.3) is 0 Å². The molecule has 0 unspecified atom stereocenters. The second kappa shape index (κ2) is 12.3. The Morgan fingerprint density at radius 1 is 1.21 bits per heavy atom. The zero-order valence-electron chi connectivity index (χ0n) is 15.5. The van der Waals surface area contributed by atoms with Crippen LogP contribution in [0.1, 0.15) is 32.6 Å². The predicted octanol–water partition coefficient (Wildman–Crippen LogP) is 1.79. The van der Waals surface area contributed by atoms with Gasteiger partial charge in [-0.15, -0.1) is 24.0 Å². The van der Waals surface area contributed by atoms with E-state index in [4.69, 9.17) is 9.47 Å². The molecular formula is C17H35IN4O2. The normalized spacial score (nSPS) is 19.5. The summed E-state index contributed by atoms with van der Waals surface area (Å²) in [5.74, 6) is 1.03.